The molecule has 6 heteroatoms. The summed E-state index contributed by atoms with van der Waals surface area (Å²) in [6, 6.07) is -0.0319. The first-order chi connectivity index (χ1) is 7.99. The number of aliphatic carboxylic acids is 1. The maximum Gasteiger partial charge on any atom is 0.312 e. The molecule has 2 unspecified atom stereocenters. The summed E-state index contributed by atoms with van der Waals surface area (Å²) >= 11 is 0. The SMILES string of the molecule is CC(C(=O)O)C1=CC2=CC([N+](=O)[O-])=CCC2N1. The van der Waals surface area contributed by atoms with Gasteiger partial charge in [-0.15, -0.1) is 0 Å². The van der Waals surface area contributed by atoms with E-state index in [1.165, 1.54) is 6.08 Å². The second-order valence-corrected chi connectivity index (χ2v) is 4.12. The molecule has 0 spiro atoms. The van der Waals surface area contributed by atoms with Crippen LogP contribution in [0.15, 0.2) is 35.2 Å². The molecule has 0 radical (unpaired) electrons. The van der Waals surface area contributed by atoms with Crippen LogP contribution in [-0.2, 0) is 4.79 Å². The zero-order valence-electron chi connectivity index (χ0n) is 9.21. The molecule has 6 nitrogen and oxygen atoms in total. The van der Waals surface area contributed by atoms with Crippen molar-refractivity contribution in [3.05, 3.63) is 45.3 Å². The van der Waals surface area contributed by atoms with Crippen molar-refractivity contribution in [3.8, 4) is 0 Å². The van der Waals surface area contributed by atoms with Crippen molar-refractivity contribution in [2.75, 3.05) is 0 Å². The first-order valence-electron chi connectivity index (χ1n) is 5.26. The van der Waals surface area contributed by atoms with Crippen LogP contribution in [0.25, 0.3) is 0 Å². The van der Waals surface area contributed by atoms with Gasteiger partial charge in [-0.3, -0.25) is 14.9 Å². The number of carboxylic acid groups (broad SMARTS) is 1. The fourth-order valence-electron chi connectivity index (χ4n) is 1.92. The predicted molar refractivity (Wildman–Crippen MR) is 59.6 cm³/mol. The van der Waals surface area contributed by atoms with Crippen LogP contribution in [0.1, 0.15) is 13.3 Å². The maximum absolute atomic E-state index is 10.8. The Balaban J connectivity index is 2.23. The summed E-state index contributed by atoms with van der Waals surface area (Å²) in [6.45, 7) is 1.58. The van der Waals surface area contributed by atoms with Crippen molar-refractivity contribution in [3.63, 3.8) is 0 Å². The Morgan fingerprint density at radius 1 is 1.65 bits per heavy atom. The number of fused-ring (bicyclic) bond motifs is 1. The van der Waals surface area contributed by atoms with Gasteiger partial charge in [0, 0.05) is 11.8 Å². The lowest BCUT2D eigenvalue weighted by Gasteiger charge is -2.16. The Bertz CT molecular complexity index is 476. The summed E-state index contributed by atoms with van der Waals surface area (Å²) in [4.78, 5) is 21.0. The van der Waals surface area contributed by atoms with Gasteiger partial charge < -0.3 is 10.4 Å². The Morgan fingerprint density at radius 3 is 2.94 bits per heavy atom. The topological polar surface area (TPSA) is 92.5 Å². The maximum atomic E-state index is 10.8. The number of rotatable bonds is 3. The van der Waals surface area contributed by atoms with Gasteiger partial charge >= 0.3 is 5.97 Å². The second kappa shape index (κ2) is 4.04. The molecule has 1 heterocycles. The van der Waals surface area contributed by atoms with Gasteiger partial charge in [0.05, 0.1) is 16.9 Å². The summed E-state index contributed by atoms with van der Waals surface area (Å²) in [5.74, 6) is -1.54. The fraction of sp³-hybridized carbons (Fsp3) is 0.364. The zero-order chi connectivity index (χ0) is 12.6. The summed E-state index contributed by atoms with van der Waals surface area (Å²) < 4.78 is 0. The molecule has 1 aliphatic carbocycles. The third kappa shape index (κ3) is 2.06. The van der Waals surface area contributed by atoms with Gasteiger partial charge in [-0.2, -0.15) is 0 Å². The third-order valence-corrected chi connectivity index (χ3v) is 2.99. The molecule has 17 heavy (non-hydrogen) atoms. The first kappa shape index (κ1) is 11.4. The summed E-state index contributed by atoms with van der Waals surface area (Å²) in [5.41, 5.74) is 1.45. The van der Waals surface area contributed by atoms with Crippen molar-refractivity contribution >= 4 is 5.97 Å². The van der Waals surface area contributed by atoms with Gasteiger partial charge in [0.2, 0.25) is 0 Å². The van der Waals surface area contributed by atoms with Gasteiger partial charge in [-0.25, -0.2) is 0 Å². The third-order valence-electron chi connectivity index (χ3n) is 2.99. The minimum absolute atomic E-state index is 0.0319. The lowest BCUT2D eigenvalue weighted by Crippen LogP contribution is -2.29. The summed E-state index contributed by atoms with van der Waals surface area (Å²) in [6.07, 6.45) is 5.24. The van der Waals surface area contributed by atoms with E-state index < -0.39 is 16.8 Å². The Hall–Kier alpha value is -2.11. The summed E-state index contributed by atoms with van der Waals surface area (Å²) in [5, 5.41) is 22.6. The van der Waals surface area contributed by atoms with Crippen molar-refractivity contribution in [2.24, 2.45) is 5.92 Å². The first-order valence-corrected chi connectivity index (χ1v) is 5.26. The molecule has 2 atom stereocenters. The molecule has 0 fully saturated rings. The van der Waals surface area contributed by atoms with E-state index in [9.17, 15) is 14.9 Å². The number of carbonyl (C=O) groups is 1. The highest BCUT2D eigenvalue weighted by Gasteiger charge is 2.30. The molecule has 1 aliphatic heterocycles. The lowest BCUT2D eigenvalue weighted by molar-refractivity contribution is -0.419. The number of hydrogen-bond acceptors (Lipinski definition) is 4. The number of hydrogen-bond donors (Lipinski definition) is 2. The van der Waals surface area contributed by atoms with Crippen LogP contribution in [-0.4, -0.2) is 22.0 Å². The predicted octanol–water partition coefficient (Wildman–Crippen LogP) is 1.05. The van der Waals surface area contributed by atoms with Crippen LogP contribution in [0.4, 0.5) is 0 Å². The minimum Gasteiger partial charge on any atom is -0.481 e. The fourth-order valence-corrected chi connectivity index (χ4v) is 1.92. The number of nitro groups is 1. The lowest BCUT2D eigenvalue weighted by atomic mass is 9.99. The second-order valence-electron chi connectivity index (χ2n) is 4.12. The highest BCUT2D eigenvalue weighted by Crippen LogP contribution is 2.28. The molecule has 0 saturated heterocycles. The number of nitrogens with one attached hydrogen (secondary N) is 1. The van der Waals surface area contributed by atoms with Crippen LogP contribution in [0, 0.1) is 16.0 Å². The van der Waals surface area contributed by atoms with Crippen LogP contribution >= 0.6 is 0 Å². The van der Waals surface area contributed by atoms with Gasteiger partial charge in [-0.1, -0.05) is 0 Å². The number of nitrogens with zero attached hydrogens (tertiary/aromatic N) is 1. The molecule has 0 saturated carbocycles. The van der Waals surface area contributed by atoms with Crippen molar-refractivity contribution in [2.45, 2.75) is 19.4 Å². The van der Waals surface area contributed by atoms with Crippen molar-refractivity contribution in [1.29, 1.82) is 0 Å². The number of carboxylic acids is 1. The van der Waals surface area contributed by atoms with E-state index in [4.69, 9.17) is 5.11 Å². The zero-order valence-corrected chi connectivity index (χ0v) is 9.21. The van der Waals surface area contributed by atoms with E-state index in [1.54, 1.807) is 19.1 Å². The minimum atomic E-state index is -0.912. The van der Waals surface area contributed by atoms with E-state index in [2.05, 4.69) is 5.32 Å². The van der Waals surface area contributed by atoms with Crippen LogP contribution < -0.4 is 5.32 Å². The summed E-state index contributed by atoms with van der Waals surface area (Å²) in [7, 11) is 0. The van der Waals surface area contributed by atoms with E-state index in [1.807, 2.05) is 0 Å². The quantitative estimate of drug-likeness (QED) is 0.564. The van der Waals surface area contributed by atoms with Crippen molar-refractivity contribution in [1.82, 2.24) is 5.32 Å². The van der Waals surface area contributed by atoms with E-state index >= 15 is 0 Å². The Morgan fingerprint density at radius 2 is 2.35 bits per heavy atom. The monoisotopic (exact) mass is 236 g/mol. The highest BCUT2D eigenvalue weighted by molar-refractivity contribution is 5.73. The van der Waals surface area contributed by atoms with Crippen LogP contribution in [0.5, 0.6) is 0 Å². The smallest absolute Gasteiger partial charge is 0.312 e. The molecule has 2 N–H and O–H groups in total. The van der Waals surface area contributed by atoms with E-state index in [-0.39, 0.29) is 11.7 Å². The van der Waals surface area contributed by atoms with Crippen molar-refractivity contribution < 1.29 is 14.8 Å². The Labute approximate surface area is 97.5 Å². The van der Waals surface area contributed by atoms with Gasteiger partial charge in [-0.05, 0) is 31.1 Å². The van der Waals surface area contributed by atoms with E-state index in [0.717, 1.165) is 5.57 Å². The highest BCUT2D eigenvalue weighted by atomic mass is 16.6. The molecule has 0 aromatic heterocycles. The molecule has 0 bridgehead atoms. The number of allylic oxidation sites excluding steroid dienone is 1. The Kier molecular flexibility index (Phi) is 2.71. The molecule has 0 amide bonds. The molecule has 2 aliphatic rings. The van der Waals surface area contributed by atoms with Crippen LogP contribution in [0.2, 0.25) is 0 Å². The largest absolute Gasteiger partial charge is 0.481 e. The van der Waals surface area contributed by atoms with Gasteiger partial charge in [0.15, 0.2) is 0 Å². The molecule has 2 rings (SSSR count). The van der Waals surface area contributed by atoms with E-state index in [0.29, 0.717) is 12.1 Å². The standard InChI is InChI=1S/C11H12N2O4/c1-6(11(14)15)10-5-7-4-8(13(16)17)2-3-9(7)12-10/h2,4-6,9,12H,3H2,1H3,(H,14,15). The van der Waals surface area contributed by atoms with Crippen LogP contribution in [0.3, 0.4) is 0 Å². The molecular formula is C11H12N2O4. The molecule has 0 aromatic rings. The average Bonchev–Trinajstić information content (AvgIpc) is 2.69. The molecule has 90 valence electrons. The van der Waals surface area contributed by atoms with Gasteiger partial charge in [0.25, 0.3) is 5.70 Å². The normalized spacial score (nSPS) is 23.8. The average molecular weight is 236 g/mol. The molecular weight excluding hydrogens is 224 g/mol. The molecule has 0 aromatic carbocycles. The van der Waals surface area contributed by atoms with Gasteiger partial charge in [0.1, 0.15) is 0 Å².